The Balaban J connectivity index is 2.22. The van der Waals surface area contributed by atoms with Gasteiger partial charge in [0.05, 0.1) is 12.7 Å². The van der Waals surface area contributed by atoms with Crippen molar-refractivity contribution >= 4 is 0 Å². The predicted octanol–water partition coefficient (Wildman–Crippen LogP) is 1.69. The molecular weight excluding hydrogens is 216 g/mol. The van der Waals surface area contributed by atoms with Crippen LogP contribution in [0.4, 0.5) is 0 Å². The van der Waals surface area contributed by atoms with Gasteiger partial charge in [0.2, 0.25) is 0 Å². The highest BCUT2D eigenvalue weighted by Gasteiger charge is 2.33. The van der Waals surface area contributed by atoms with Gasteiger partial charge >= 0.3 is 0 Å². The monoisotopic (exact) mass is 236 g/mol. The Morgan fingerprint density at radius 3 is 2.88 bits per heavy atom. The lowest BCUT2D eigenvalue weighted by Gasteiger charge is -2.38. The minimum absolute atomic E-state index is 0.205. The molecule has 0 saturated carbocycles. The first-order valence-corrected chi connectivity index (χ1v) is 5.96. The van der Waals surface area contributed by atoms with Gasteiger partial charge in [0.15, 0.2) is 0 Å². The molecule has 0 amide bonds. The topological polar surface area (TPSA) is 34.6 Å². The lowest BCUT2D eigenvalue weighted by Crippen LogP contribution is -2.41. The van der Waals surface area contributed by atoms with Gasteiger partial charge in [0.25, 0.3) is 0 Å². The van der Waals surface area contributed by atoms with Crippen molar-refractivity contribution in [2.24, 2.45) is 5.92 Å². The summed E-state index contributed by atoms with van der Waals surface area (Å²) in [5.41, 5.74) is 1.21. The van der Waals surface area contributed by atoms with Gasteiger partial charge in [-0.3, -0.25) is 4.98 Å². The van der Waals surface area contributed by atoms with Crippen molar-refractivity contribution < 1.29 is 9.47 Å². The summed E-state index contributed by atoms with van der Waals surface area (Å²) in [5.74, 6) is 0.336. The van der Waals surface area contributed by atoms with Crippen LogP contribution in [0.2, 0.25) is 0 Å². The van der Waals surface area contributed by atoms with Crippen LogP contribution in [-0.2, 0) is 9.47 Å². The number of rotatable bonds is 3. The van der Waals surface area contributed by atoms with Crippen molar-refractivity contribution in [3.05, 3.63) is 30.1 Å². The molecule has 2 heterocycles. The number of pyridine rings is 1. The number of nitrogens with zero attached hydrogens (tertiary/aromatic N) is 2. The van der Waals surface area contributed by atoms with Crippen LogP contribution >= 0.6 is 0 Å². The quantitative estimate of drug-likeness (QED) is 0.800. The number of aromatic nitrogens is 1. The Hall–Kier alpha value is -0.970. The number of hydrogen-bond acceptors (Lipinski definition) is 4. The molecule has 1 saturated heterocycles. The normalized spacial score (nSPS) is 27.1. The van der Waals surface area contributed by atoms with E-state index in [0.29, 0.717) is 12.7 Å². The van der Waals surface area contributed by atoms with E-state index in [4.69, 9.17) is 9.47 Å². The van der Waals surface area contributed by atoms with E-state index >= 15 is 0 Å². The first-order chi connectivity index (χ1) is 8.20. The molecule has 0 aromatic carbocycles. The molecule has 4 nitrogen and oxygen atoms in total. The molecular formula is C13H20N2O2. The predicted molar refractivity (Wildman–Crippen MR) is 65.5 cm³/mol. The molecule has 3 atom stereocenters. The van der Waals surface area contributed by atoms with Crippen molar-refractivity contribution in [3.8, 4) is 0 Å². The Kier molecular flexibility index (Phi) is 4.10. The van der Waals surface area contributed by atoms with Crippen molar-refractivity contribution in [1.82, 2.24) is 9.88 Å². The van der Waals surface area contributed by atoms with Gasteiger partial charge in [0, 0.05) is 24.4 Å². The third-order valence-corrected chi connectivity index (χ3v) is 3.32. The summed E-state index contributed by atoms with van der Waals surface area (Å²) in [6, 6.07) is 4.36. The molecule has 3 unspecified atom stereocenters. The summed E-state index contributed by atoms with van der Waals surface area (Å²) >= 11 is 0. The largest absolute Gasteiger partial charge is 0.355 e. The second-order valence-electron chi connectivity index (χ2n) is 4.72. The molecule has 0 N–H and O–H groups in total. The molecule has 1 fully saturated rings. The maximum absolute atomic E-state index is 5.57. The summed E-state index contributed by atoms with van der Waals surface area (Å²) in [6.07, 6.45) is 3.93. The highest BCUT2D eigenvalue weighted by atomic mass is 16.7. The average molecular weight is 236 g/mol. The summed E-state index contributed by atoms with van der Waals surface area (Å²) in [5, 5.41) is 0. The van der Waals surface area contributed by atoms with Crippen LogP contribution in [0.1, 0.15) is 18.5 Å². The fraction of sp³-hybridized carbons (Fsp3) is 0.615. The Morgan fingerprint density at radius 1 is 1.47 bits per heavy atom. The summed E-state index contributed by atoms with van der Waals surface area (Å²) in [6.45, 7) is 3.25. The first kappa shape index (κ1) is 12.5. The maximum Gasteiger partial charge on any atom is 0.147 e. The van der Waals surface area contributed by atoms with Gasteiger partial charge in [-0.15, -0.1) is 0 Å². The smallest absolute Gasteiger partial charge is 0.147 e. The maximum atomic E-state index is 5.57. The number of hydrogen-bond donors (Lipinski definition) is 0. The molecule has 1 aliphatic rings. The van der Waals surface area contributed by atoms with E-state index in [1.807, 2.05) is 12.3 Å². The van der Waals surface area contributed by atoms with Gasteiger partial charge in [-0.05, 0) is 32.6 Å². The molecule has 17 heavy (non-hydrogen) atoms. The summed E-state index contributed by atoms with van der Waals surface area (Å²) < 4.78 is 11.0. The molecule has 1 aromatic rings. The highest BCUT2D eigenvalue weighted by Crippen LogP contribution is 2.32. The van der Waals surface area contributed by atoms with Crippen LogP contribution in [0.5, 0.6) is 0 Å². The summed E-state index contributed by atoms with van der Waals surface area (Å²) in [4.78, 5) is 6.40. The lowest BCUT2D eigenvalue weighted by molar-refractivity contribution is -0.176. The van der Waals surface area contributed by atoms with Gasteiger partial charge in [-0.2, -0.15) is 0 Å². The first-order valence-electron chi connectivity index (χ1n) is 5.96. The lowest BCUT2D eigenvalue weighted by atomic mass is 9.89. The molecule has 4 heteroatoms. The Bertz CT molecular complexity index is 343. The van der Waals surface area contributed by atoms with E-state index in [9.17, 15) is 0 Å². The molecule has 0 radical (unpaired) electrons. The molecule has 1 aromatic heterocycles. The van der Waals surface area contributed by atoms with E-state index < -0.39 is 0 Å². The standard InChI is InChI=1S/C13H20N2O2/c1-10-12(8-16-9-17-10)13(15(2)3)11-5-4-6-14-7-11/h4-7,10,12-13H,8-9H2,1-3H3. The minimum Gasteiger partial charge on any atom is -0.355 e. The van der Waals surface area contributed by atoms with Crippen molar-refractivity contribution in [2.45, 2.75) is 19.1 Å². The third-order valence-electron chi connectivity index (χ3n) is 3.32. The van der Waals surface area contributed by atoms with Crippen LogP contribution < -0.4 is 0 Å². The van der Waals surface area contributed by atoms with E-state index in [-0.39, 0.29) is 12.1 Å². The second-order valence-corrected chi connectivity index (χ2v) is 4.72. The zero-order chi connectivity index (χ0) is 12.3. The van der Waals surface area contributed by atoms with Crippen LogP contribution in [0.25, 0.3) is 0 Å². The third kappa shape index (κ3) is 2.83. The zero-order valence-electron chi connectivity index (χ0n) is 10.7. The summed E-state index contributed by atoms with van der Waals surface area (Å²) in [7, 11) is 4.16. The van der Waals surface area contributed by atoms with Gasteiger partial charge in [-0.1, -0.05) is 6.07 Å². The number of ether oxygens (including phenoxy) is 2. The minimum atomic E-state index is 0.205. The van der Waals surface area contributed by atoms with E-state index in [1.165, 1.54) is 5.56 Å². The van der Waals surface area contributed by atoms with E-state index in [2.05, 4.69) is 37.0 Å². The van der Waals surface area contributed by atoms with Gasteiger partial charge in [0.1, 0.15) is 6.79 Å². The molecule has 0 spiro atoms. The van der Waals surface area contributed by atoms with Crippen LogP contribution in [0.15, 0.2) is 24.5 Å². The molecule has 0 bridgehead atoms. The second kappa shape index (κ2) is 5.58. The van der Waals surface area contributed by atoms with Crippen LogP contribution in [0.3, 0.4) is 0 Å². The average Bonchev–Trinajstić information content (AvgIpc) is 2.33. The van der Waals surface area contributed by atoms with Gasteiger partial charge in [-0.25, -0.2) is 0 Å². The zero-order valence-corrected chi connectivity index (χ0v) is 10.7. The van der Waals surface area contributed by atoms with Crippen molar-refractivity contribution in [1.29, 1.82) is 0 Å². The SMILES string of the molecule is CC1OCOCC1C(c1cccnc1)N(C)C. The highest BCUT2D eigenvalue weighted by molar-refractivity contribution is 5.15. The van der Waals surface area contributed by atoms with Crippen molar-refractivity contribution in [3.63, 3.8) is 0 Å². The van der Waals surface area contributed by atoms with Gasteiger partial charge < -0.3 is 14.4 Å². The fourth-order valence-electron chi connectivity index (χ4n) is 2.43. The van der Waals surface area contributed by atoms with Crippen LogP contribution in [0, 0.1) is 5.92 Å². The van der Waals surface area contributed by atoms with Crippen LogP contribution in [-0.4, -0.2) is 43.5 Å². The Labute approximate surface area is 103 Å². The van der Waals surface area contributed by atoms with E-state index in [1.54, 1.807) is 6.20 Å². The molecule has 1 aliphatic heterocycles. The van der Waals surface area contributed by atoms with E-state index in [0.717, 1.165) is 6.61 Å². The molecule has 0 aliphatic carbocycles. The molecule has 2 rings (SSSR count). The fourth-order valence-corrected chi connectivity index (χ4v) is 2.43. The van der Waals surface area contributed by atoms with Crippen molar-refractivity contribution in [2.75, 3.05) is 27.5 Å². The Morgan fingerprint density at radius 2 is 2.29 bits per heavy atom. The molecule has 94 valence electrons.